The van der Waals surface area contributed by atoms with Crippen molar-refractivity contribution >= 4 is 17.7 Å². The number of aryl methyl sites for hydroxylation is 2. The highest BCUT2D eigenvalue weighted by Crippen LogP contribution is 2.24. The highest BCUT2D eigenvalue weighted by atomic mass is 16.3. The minimum atomic E-state index is -0.384. The number of nitrogens with one attached hydrogen (secondary N) is 2. The molecule has 0 unspecified atom stereocenters. The first-order chi connectivity index (χ1) is 9.04. The number of rotatable bonds is 1. The van der Waals surface area contributed by atoms with E-state index in [1.54, 1.807) is 19.1 Å². The molecule has 2 aromatic heterocycles. The lowest BCUT2D eigenvalue weighted by Crippen LogP contribution is -2.21. The van der Waals surface area contributed by atoms with Crippen LogP contribution in [0.15, 0.2) is 27.4 Å². The van der Waals surface area contributed by atoms with Crippen LogP contribution in [0.2, 0.25) is 0 Å². The lowest BCUT2D eigenvalue weighted by atomic mass is 10.1. The Kier molecular flexibility index (Phi) is 2.41. The highest BCUT2D eigenvalue weighted by molar-refractivity contribution is 6.11. The number of fused-ring (bicyclic) bond motifs is 1. The molecule has 2 N–H and O–H groups in total. The van der Waals surface area contributed by atoms with Crippen molar-refractivity contribution in [2.75, 3.05) is 0 Å². The third kappa shape index (κ3) is 1.89. The largest absolute Gasteiger partial charge is 0.462 e. The van der Waals surface area contributed by atoms with Gasteiger partial charge in [0.05, 0.1) is 5.70 Å². The van der Waals surface area contributed by atoms with Crippen LogP contribution in [0.25, 0.3) is 11.8 Å². The maximum absolute atomic E-state index is 11.8. The lowest BCUT2D eigenvalue weighted by Gasteiger charge is -2.00. The number of carbonyl (C=O) groups is 1. The van der Waals surface area contributed by atoms with Crippen molar-refractivity contribution in [3.63, 3.8) is 0 Å². The summed E-state index contributed by atoms with van der Waals surface area (Å²) in [4.78, 5) is 26.2. The van der Waals surface area contributed by atoms with E-state index in [2.05, 4.69) is 10.3 Å². The van der Waals surface area contributed by atoms with Crippen LogP contribution in [-0.2, 0) is 0 Å². The van der Waals surface area contributed by atoms with Crippen LogP contribution in [-0.4, -0.2) is 10.9 Å². The van der Waals surface area contributed by atoms with Crippen LogP contribution >= 0.6 is 0 Å². The van der Waals surface area contributed by atoms with Gasteiger partial charge in [-0.25, -0.2) is 0 Å². The summed E-state index contributed by atoms with van der Waals surface area (Å²) in [6.07, 6.45) is 1.72. The van der Waals surface area contributed by atoms with Gasteiger partial charge in [0, 0.05) is 17.3 Å². The standard InChI is InChI=1S/C14H12N2O3/c1-7-5-10-11(6-9-4-3-8(2)19-9)16-14(18)12(10)13(17)15-7/h3-6H,1-2H3,(H,15,17)(H,16,18)/b11-6-. The molecule has 0 bridgehead atoms. The fourth-order valence-electron chi connectivity index (χ4n) is 2.17. The molecule has 19 heavy (non-hydrogen) atoms. The summed E-state index contributed by atoms with van der Waals surface area (Å²) in [5.74, 6) is 1.04. The molecule has 0 spiro atoms. The summed E-state index contributed by atoms with van der Waals surface area (Å²) in [5, 5.41) is 2.69. The summed E-state index contributed by atoms with van der Waals surface area (Å²) in [6.45, 7) is 3.62. The molecule has 0 saturated carbocycles. The topological polar surface area (TPSA) is 75.1 Å². The molecule has 3 heterocycles. The van der Waals surface area contributed by atoms with E-state index in [0.717, 1.165) is 5.76 Å². The molecular formula is C14H12N2O3. The van der Waals surface area contributed by atoms with Crippen molar-refractivity contribution in [3.05, 3.63) is 56.9 Å². The molecule has 0 aromatic carbocycles. The number of aromatic amines is 1. The molecule has 1 aliphatic rings. The van der Waals surface area contributed by atoms with E-state index in [0.29, 0.717) is 22.7 Å². The summed E-state index contributed by atoms with van der Waals surface area (Å²) in [5.41, 5.74) is 1.69. The van der Waals surface area contributed by atoms with Gasteiger partial charge in [-0.3, -0.25) is 9.59 Å². The summed E-state index contributed by atoms with van der Waals surface area (Å²) in [6, 6.07) is 5.43. The quantitative estimate of drug-likeness (QED) is 0.817. The van der Waals surface area contributed by atoms with Gasteiger partial charge in [0.15, 0.2) is 0 Å². The van der Waals surface area contributed by atoms with E-state index in [9.17, 15) is 9.59 Å². The number of carbonyl (C=O) groups excluding carboxylic acids is 1. The first-order valence-corrected chi connectivity index (χ1v) is 5.88. The molecule has 5 nitrogen and oxygen atoms in total. The van der Waals surface area contributed by atoms with Crippen LogP contribution in [0.1, 0.15) is 33.1 Å². The molecule has 0 radical (unpaired) electrons. The molecule has 0 aliphatic carbocycles. The van der Waals surface area contributed by atoms with E-state index < -0.39 is 0 Å². The van der Waals surface area contributed by atoms with E-state index in [-0.39, 0.29) is 17.0 Å². The van der Waals surface area contributed by atoms with Crippen LogP contribution in [0.4, 0.5) is 0 Å². The van der Waals surface area contributed by atoms with Gasteiger partial charge in [-0.15, -0.1) is 0 Å². The summed E-state index contributed by atoms with van der Waals surface area (Å²) < 4.78 is 5.44. The zero-order valence-electron chi connectivity index (χ0n) is 10.5. The van der Waals surface area contributed by atoms with Gasteiger partial charge in [0.2, 0.25) is 0 Å². The Morgan fingerprint density at radius 2 is 2.00 bits per heavy atom. The number of furan rings is 1. The van der Waals surface area contributed by atoms with E-state index in [4.69, 9.17) is 4.42 Å². The van der Waals surface area contributed by atoms with Crippen molar-refractivity contribution in [1.82, 2.24) is 10.3 Å². The average molecular weight is 256 g/mol. The van der Waals surface area contributed by atoms with E-state index in [1.165, 1.54) is 0 Å². The first-order valence-electron chi connectivity index (χ1n) is 5.88. The number of hydrogen-bond donors (Lipinski definition) is 2. The zero-order valence-corrected chi connectivity index (χ0v) is 10.5. The minimum absolute atomic E-state index is 0.153. The van der Waals surface area contributed by atoms with Crippen molar-refractivity contribution in [2.45, 2.75) is 13.8 Å². The maximum Gasteiger partial charge on any atom is 0.261 e. The Balaban J connectivity index is 2.17. The van der Waals surface area contributed by atoms with Gasteiger partial charge in [0.1, 0.15) is 17.1 Å². The number of aromatic nitrogens is 1. The second-order valence-electron chi connectivity index (χ2n) is 4.53. The predicted molar refractivity (Wildman–Crippen MR) is 70.6 cm³/mol. The van der Waals surface area contributed by atoms with Crippen LogP contribution in [0.5, 0.6) is 0 Å². The van der Waals surface area contributed by atoms with E-state index in [1.807, 2.05) is 19.1 Å². The van der Waals surface area contributed by atoms with Gasteiger partial charge >= 0.3 is 0 Å². The molecular weight excluding hydrogens is 244 g/mol. The molecule has 3 rings (SSSR count). The van der Waals surface area contributed by atoms with Crippen LogP contribution < -0.4 is 10.9 Å². The van der Waals surface area contributed by atoms with Crippen molar-refractivity contribution in [1.29, 1.82) is 0 Å². The summed E-state index contributed by atoms with van der Waals surface area (Å²) in [7, 11) is 0. The Morgan fingerprint density at radius 3 is 2.68 bits per heavy atom. The fourth-order valence-corrected chi connectivity index (χ4v) is 2.17. The summed E-state index contributed by atoms with van der Waals surface area (Å²) >= 11 is 0. The third-order valence-electron chi connectivity index (χ3n) is 2.98. The number of H-pyrrole nitrogens is 1. The molecule has 96 valence electrons. The molecule has 0 saturated heterocycles. The van der Waals surface area contributed by atoms with Crippen LogP contribution in [0.3, 0.4) is 0 Å². The van der Waals surface area contributed by atoms with Gasteiger partial charge in [-0.2, -0.15) is 0 Å². The monoisotopic (exact) mass is 256 g/mol. The van der Waals surface area contributed by atoms with Crippen molar-refractivity contribution in [2.24, 2.45) is 0 Å². The molecule has 0 fully saturated rings. The minimum Gasteiger partial charge on any atom is -0.462 e. The normalized spacial score (nSPS) is 15.7. The van der Waals surface area contributed by atoms with Gasteiger partial charge in [0.25, 0.3) is 11.5 Å². The van der Waals surface area contributed by atoms with E-state index >= 15 is 0 Å². The third-order valence-corrected chi connectivity index (χ3v) is 2.98. The average Bonchev–Trinajstić information content (AvgIpc) is 2.84. The first kappa shape index (κ1) is 11.5. The van der Waals surface area contributed by atoms with Gasteiger partial charge in [-0.1, -0.05) is 0 Å². The number of amides is 1. The molecule has 5 heteroatoms. The van der Waals surface area contributed by atoms with Crippen molar-refractivity contribution < 1.29 is 9.21 Å². The lowest BCUT2D eigenvalue weighted by molar-refractivity contribution is 0.0980. The molecule has 2 aromatic rings. The Labute approximate surface area is 109 Å². The van der Waals surface area contributed by atoms with Crippen molar-refractivity contribution in [3.8, 4) is 0 Å². The zero-order chi connectivity index (χ0) is 13.6. The second-order valence-corrected chi connectivity index (χ2v) is 4.53. The molecule has 1 amide bonds. The van der Waals surface area contributed by atoms with Crippen LogP contribution in [0, 0.1) is 13.8 Å². The number of hydrogen-bond acceptors (Lipinski definition) is 3. The second kappa shape index (κ2) is 3.98. The Hall–Kier alpha value is -2.56. The Bertz CT molecular complexity index is 765. The van der Waals surface area contributed by atoms with Gasteiger partial charge in [-0.05, 0) is 32.0 Å². The SMILES string of the molecule is Cc1cc2c(c(=O)[nH]1)C(=O)N/C2=C\c1ccc(C)o1. The molecule has 1 aliphatic heterocycles. The maximum atomic E-state index is 11.8. The highest BCUT2D eigenvalue weighted by Gasteiger charge is 2.27. The predicted octanol–water partition coefficient (Wildman–Crippen LogP) is 1.83. The fraction of sp³-hybridized carbons (Fsp3) is 0.143. The number of pyridine rings is 1. The van der Waals surface area contributed by atoms with Gasteiger partial charge < -0.3 is 14.7 Å². The smallest absolute Gasteiger partial charge is 0.261 e. The molecule has 0 atom stereocenters. The Morgan fingerprint density at radius 1 is 1.21 bits per heavy atom.